The fraction of sp³-hybridized carbons (Fsp3) is 0.143. The Morgan fingerprint density at radius 2 is 2.13 bits per heavy atom. The summed E-state index contributed by atoms with van der Waals surface area (Å²) in [6, 6.07) is 12.1. The van der Waals surface area contributed by atoms with Gasteiger partial charge in [-0.15, -0.1) is 0 Å². The average Bonchev–Trinajstić information content (AvgIpc) is 3.04. The molecule has 1 aliphatic rings. The van der Waals surface area contributed by atoms with Crippen molar-refractivity contribution in [2.45, 2.75) is 13.0 Å². The molecule has 4 aromatic rings. The van der Waals surface area contributed by atoms with Crippen molar-refractivity contribution in [3.05, 3.63) is 53.0 Å². The molecule has 0 saturated carbocycles. The second-order valence-electron chi connectivity index (χ2n) is 6.94. The van der Waals surface area contributed by atoms with Gasteiger partial charge >= 0.3 is 0 Å². The molecule has 0 radical (unpaired) electrons. The maximum absolute atomic E-state index is 12.4. The van der Waals surface area contributed by atoms with Gasteiger partial charge in [-0.2, -0.15) is 5.26 Å². The van der Waals surface area contributed by atoms with E-state index in [1.54, 1.807) is 18.2 Å². The van der Waals surface area contributed by atoms with Crippen molar-refractivity contribution >= 4 is 45.1 Å². The van der Waals surface area contributed by atoms with E-state index in [0.29, 0.717) is 35.0 Å². The molecule has 0 spiro atoms. The molecule has 1 aliphatic heterocycles. The van der Waals surface area contributed by atoms with Gasteiger partial charge in [0.15, 0.2) is 0 Å². The van der Waals surface area contributed by atoms with Crippen LogP contribution in [0.25, 0.3) is 21.9 Å². The minimum absolute atomic E-state index is 0.0197. The average molecular weight is 420 g/mol. The number of aromatic nitrogens is 2. The lowest BCUT2D eigenvalue weighted by Gasteiger charge is -2.10. The molecule has 1 amide bonds. The molecule has 9 heteroatoms. The van der Waals surface area contributed by atoms with Crippen molar-refractivity contribution in [3.8, 4) is 17.7 Å². The summed E-state index contributed by atoms with van der Waals surface area (Å²) in [5.41, 5.74) is 2.08. The summed E-state index contributed by atoms with van der Waals surface area (Å²) < 4.78 is 11.6. The molecule has 148 valence electrons. The fourth-order valence-corrected chi connectivity index (χ4v) is 3.67. The lowest BCUT2D eigenvalue weighted by atomic mass is 10.1. The third-order valence-electron chi connectivity index (χ3n) is 4.77. The second kappa shape index (κ2) is 6.90. The van der Waals surface area contributed by atoms with Crippen molar-refractivity contribution in [3.63, 3.8) is 0 Å². The fourth-order valence-electron chi connectivity index (χ4n) is 3.47. The number of carbonyl (C=O) groups is 1. The number of amides is 1. The summed E-state index contributed by atoms with van der Waals surface area (Å²) in [5, 5.41) is 17.0. The smallest absolute Gasteiger partial charge is 0.289 e. The molecule has 0 fully saturated rings. The van der Waals surface area contributed by atoms with Crippen LogP contribution < -0.4 is 15.4 Å². The van der Waals surface area contributed by atoms with Gasteiger partial charge < -0.3 is 19.8 Å². The topological polar surface area (TPSA) is 113 Å². The highest BCUT2D eigenvalue weighted by Gasteiger charge is 2.26. The number of rotatable bonds is 2. The number of ether oxygens (including phenoxy) is 1. The van der Waals surface area contributed by atoms with Crippen molar-refractivity contribution in [1.82, 2.24) is 15.3 Å². The predicted molar refractivity (Wildman–Crippen MR) is 111 cm³/mol. The van der Waals surface area contributed by atoms with E-state index < -0.39 is 0 Å². The van der Waals surface area contributed by atoms with Crippen molar-refractivity contribution < 1.29 is 13.9 Å². The summed E-state index contributed by atoms with van der Waals surface area (Å²) in [4.78, 5) is 20.9. The quantitative estimate of drug-likeness (QED) is 0.467. The Labute approximate surface area is 175 Å². The van der Waals surface area contributed by atoms with Crippen LogP contribution in [-0.4, -0.2) is 28.5 Å². The molecule has 0 aliphatic carbocycles. The Balaban J connectivity index is 1.59. The number of nitriles is 1. The molecule has 30 heavy (non-hydrogen) atoms. The first-order chi connectivity index (χ1) is 14.5. The number of halogens is 1. The van der Waals surface area contributed by atoms with Crippen molar-refractivity contribution in [1.29, 1.82) is 5.26 Å². The molecule has 1 aromatic carbocycles. The molecule has 0 bridgehead atoms. The van der Waals surface area contributed by atoms with E-state index in [9.17, 15) is 4.79 Å². The minimum atomic E-state index is -0.248. The highest BCUT2D eigenvalue weighted by Crippen LogP contribution is 2.38. The van der Waals surface area contributed by atoms with Crippen molar-refractivity contribution in [2.75, 3.05) is 11.9 Å². The summed E-state index contributed by atoms with van der Waals surface area (Å²) in [6.07, 6.45) is 0. The van der Waals surface area contributed by atoms with Crippen LogP contribution in [-0.2, 0) is 0 Å². The summed E-state index contributed by atoms with van der Waals surface area (Å²) >= 11 is 5.93. The maximum Gasteiger partial charge on any atom is 0.289 e. The van der Waals surface area contributed by atoms with E-state index in [1.165, 1.54) is 12.1 Å². The zero-order chi connectivity index (χ0) is 20.8. The van der Waals surface area contributed by atoms with Crippen LogP contribution in [0.2, 0.25) is 5.15 Å². The normalized spacial score (nSPS) is 15.8. The van der Waals surface area contributed by atoms with E-state index in [1.807, 2.05) is 19.1 Å². The monoisotopic (exact) mass is 419 g/mol. The number of hydrogen-bond donors (Lipinski definition) is 2. The number of pyridine rings is 2. The largest absolute Gasteiger partial charge is 0.449 e. The number of fused-ring (bicyclic) bond motifs is 5. The summed E-state index contributed by atoms with van der Waals surface area (Å²) in [7, 11) is 0. The van der Waals surface area contributed by atoms with E-state index in [2.05, 4.69) is 20.6 Å². The van der Waals surface area contributed by atoms with Crippen LogP contribution in [0.15, 0.2) is 40.8 Å². The van der Waals surface area contributed by atoms with Crippen molar-refractivity contribution in [2.24, 2.45) is 0 Å². The van der Waals surface area contributed by atoms with Gasteiger partial charge in [0, 0.05) is 36.2 Å². The van der Waals surface area contributed by atoms with E-state index >= 15 is 0 Å². The van der Waals surface area contributed by atoms with Gasteiger partial charge in [0.05, 0.1) is 16.6 Å². The molecule has 1 atom stereocenters. The highest BCUT2D eigenvalue weighted by atomic mass is 35.5. The first-order valence-corrected chi connectivity index (χ1v) is 9.56. The number of hydrogen-bond acceptors (Lipinski definition) is 7. The lowest BCUT2D eigenvalue weighted by molar-refractivity contribution is 0.0920. The van der Waals surface area contributed by atoms with Crippen LogP contribution >= 0.6 is 11.6 Å². The minimum Gasteiger partial charge on any atom is -0.449 e. The molecular weight excluding hydrogens is 406 g/mol. The number of furan rings is 1. The molecule has 1 unspecified atom stereocenters. The van der Waals surface area contributed by atoms with Gasteiger partial charge in [-0.3, -0.25) is 4.79 Å². The first kappa shape index (κ1) is 18.2. The lowest BCUT2D eigenvalue weighted by Crippen LogP contribution is -2.34. The van der Waals surface area contributed by atoms with E-state index in [4.69, 9.17) is 26.0 Å². The number of anilines is 1. The molecule has 0 saturated heterocycles. The number of nitrogens with one attached hydrogen (secondary N) is 2. The molecule has 8 nitrogen and oxygen atoms in total. The summed E-state index contributed by atoms with van der Waals surface area (Å²) in [6.45, 7) is 2.51. The zero-order valence-corrected chi connectivity index (χ0v) is 16.4. The third-order valence-corrected chi connectivity index (χ3v) is 4.96. The Kier molecular flexibility index (Phi) is 4.19. The van der Waals surface area contributed by atoms with Gasteiger partial charge in [0.25, 0.3) is 5.91 Å². The molecular formula is C21H14ClN5O3. The van der Waals surface area contributed by atoms with Gasteiger partial charge in [-0.05, 0) is 25.1 Å². The van der Waals surface area contributed by atoms with E-state index in [-0.39, 0.29) is 28.6 Å². The standard InChI is InChI=1S/C21H14ClN5O3/c1-10-9-24-19-18-13-2-5-17(29-12-6-11(8-23)26-16(22)7-12)27-14(13)3-4-15(18)30-20(19)21(28)25-10/h2-7,10,24H,9H2,1H3,(H,25,28). The summed E-state index contributed by atoms with van der Waals surface area (Å²) in [5.74, 6) is 0.714. The maximum atomic E-state index is 12.4. The third kappa shape index (κ3) is 3.06. The SMILES string of the molecule is CC1CNc2c(oc3ccc4nc(Oc5cc(Cl)nc(C#N)c5)ccc4c23)C(=O)N1. The van der Waals surface area contributed by atoms with Crippen LogP contribution in [0.5, 0.6) is 11.6 Å². The Hall–Kier alpha value is -3.83. The van der Waals surface area contributed by atoms with Gasteiger partial charge in [0.1, 0.15) is 28.2 Å². The zero-order valence-electron chi connectivity index (χ0n) is 15.7. The molecule has 5 rings (SSSR count). The van der Waals surface area contributed by atoms with Crippen LogP contribution in [0.1, 0.15) is 23.2 Å². The van der Waals surface area contributed by atoms with Gasteiger partial charge in [-0.1, -0.05) is 11.6 Å². The molecule has 2 N–H and O–H groups in total. The van der Waals surface area contributed by atoms with Gasteiger partial charge in [-0.25, -0.2) is 9.97 Å². The second-order valence-corrected chi connectivity index (χ2v) is 7.33. The molecule has 3 aromatic heterocycles. The Bertz CT molecular complexity index is 1370. The predicted octanol–water partition coefficient (Wildman–Crippen LogP) is 4.24. The van der Waals surface area contributed by atoms with Crippen LogP contribution in [0.3, 0.4) is 0 Å². The van der Waals surface area contributed by atoms with E-state index in [0.717, 1.165) is 10.8 Å². The number of nitrogens with zero attached hydrogens (tertiary/aromatic N) is 3. The van der Waals surface area contributed by atoms with Gasteiger partial charge in [0.2, 0.25) is 11.6 Å². The Morgan fingerprint density at radius 1 is 1.27 bits per heavy atom. The molecule has 4 heterocycles. The number of benzene rings is 1. The first-order valence-electron chi connectivity index (χ1n) is 9.18. The van der Waals surface area contributed by atoms with Crippen LogP contribution in [0.4, 0.5) is 5.69 Å². The number of carbonyl (C=O) groups excluding carboxylic acids is 1. The Morgan fingerprint density at radius 3 is 2.97 bits per heavy atom. The highest BCUT2D eigenvalue weighted by molar-refractivity contribution is 6.29. The van der Waals surface area contributed by atoms with Crippen LogP contribution in [0, 0.1) is 11.3 Å².